The molecule has 0 spiro atoms. The van der Waals surface area contributed by atoms with Gasteiger partial charge in [0.25, 0.3) is 5.56 Å². The second-order valence-electron chi connectivity index (χ2n) is 7.59. The highest BCUT2D eigenvalue weighted by Crippen LogP contribution is 2.25. The Morgan fingerprint density at radius 2 is 1.84 bits per heavy atom. The van der Waals surface area contributed by atoms with Crippen LogP contribution in [0.2, 0.25) is 0 Å². The van der Waals surface area contributed by atoms with E-state index in [9.17, 15) is 14.4 Å². The number of nitrogens with zero attached hydrogens (tertiary/aromatic N) is 2. The first-order chi connectivity index (χ1) is 15.4. The van der Waals surface area contributed by atoms with Crippen molar-refractivity contribution < 1.29 is 18.4 Å². The van der Waals surface area contributed by atoms with Gasteiger partial charge in [-0.15, -0.1) is 0 Å². The summed E-state index contributed by atoms with van der Waals surface area (Å²) < 4.78 is 17.5. The van der Waals surface area contributed by atoms with Gasteiger partial charge in [0.1, 0.15) is 29.8 Å². The molecule has 2 aromatic carbocycles. The van der Waals surface area contributed by atoms with E-state index in [1.165, 1.54) is 12.4 Å². The molecular formula is C24H18N2O6. The molecule has 5 rings (SSSR count). The van der Waals surface area contributed by atoms with Crippen LogP contribution in [0.3, 0.4) is 0 Å². The predicted molar refractivity (Wildman–Crippen MR) is 118 cm³/mol. The van der Waals surface area contributed by atoms with Gasteiger partial charge in [-0.25, -0.2) is 9.78 Å². The summed E-state index contributed by atoms with van der Waals surface area (Å²) in [6.07, 6.45) is 1.30. The maximum absolute atomic E-state index is 12.8. The quantitative estimate of drug-likeness (QED) is 0.317. The van der Waals surface area contributed by atoms with Gasteiger partial charge in [-0.05, 0) is 37.1 Å². The number of carbonyl (C=O) groups excluding carboxylic acids is 1. The minimum absolute atomic E-state index is 0.0824. The Kier molecular flexibility index (Phi) is 4.62. The molecule has 0 saturated heterocycles. The van der Waals surface area contributed by atoms with E-state index in [2.05, 4.69) is 4.98 Å². The van der Waals surface area contributed by atoms with Crippen LogP contribution in [-0.2, 0) is 22.7 Å². The van der Waals surface area contributed by atoms with E-state index < -0.39 is 17.2 Å². The average molecular weight is 430 g/mol. The number of hydrogen-bond donors (Lipinski definition) is 0. The van der Waals surface area contributed by atoms with E-state index in [0.717, 1.165) is 21.1 Å². The summed E-state index contributed by atoms with van der Waals surface area (Å²) in [4.78, 5) is 41.5. The maximum atomic E-state index is 12.8. The van der Waals surface area contributed by atoms with Crippen LogP contribution in [0.25, 0.3) is 33.0 Å². The van der Waals surface area contributed by atoms with Crippen molar-refractivity contribution >= 4 is 39.0 Å². The molecule has 0 aliphatic carbocycles. The van der Waals surface area contributed by atoms with E-state index in [1.807, 2.05) is 38.1 Å². The molecule has 0 atom stereocenters. The molecule has 32 heavy (non-hydrogen) atoms. The average Bonchev–Trinajstić information content (AvgIpc) is 3.16. The van der Waals surface area contributed by atoms with Crippen LogP contribution in [0.1, 0.15) is 16.7 Å². The molecule has 0 N–H and O–H groups in total. The highest BCUT2D eigenvalue weighted by molar-refractivity contribution is 6.01. The number of esters is 1. The van der Waals surface area contributed by atoms with Gasteiger partial charge in [0.2, 0.25) is 5.58 Å². The van der Waals surface area contributed by atoms with Gasteiger partial charge in [0.05, 0.1) is 6.33 Å². The lowest BCUT2D eigenvalue weighted by atomic mass is 10.0. The lowest BCUT2D eigenvalue weighted by Gasteiger charge is -2.10. The van der Waals surface area contributed by atoms with Crippen molar-refractivity contribution in [2.75, 3.05) is 0 Å². The number of para-hydroxylation sites is 1. The van der Waals surface area contributed by atoms with E-state index >= 15 is 0 Å². The Labute approximate surface area is 180 Å². The van der Waals surface area contributed by atoms with Crippen molar-refractivity contribution in [3.05, 3.63) is 86.3 Å². The number of hydrogen-bond acceptors (Lipinski definition) is 7. The van der Waals surface area contributed by atoms with Crippen LogP contribution in [0.4, 0.5) is 0 Å². The van der Waals surface area contributed by atoms with Crippen molar-refractivity contribution in [2.45, 2.75) is 27.0 Å². The molecule has 0 unspecified atom stereocenters. The lowest BCUT2D eigenvalue weighted by Crippen LogP contribution is -2.25. The number of rotatable bonds is 4. The fourth-order valence-corrected chi connectivity index (χ4v) is 3.71. The Balaban J connectivity index is 1.40. The summed E-state index contributed by atoms with van der Waals surface area (Å²) in [6, 6.07) is 12.2. The van der Waals surface area contributed by atoms with Crippen LogP contribution in [0.15, 0.2) is 67.2 Å². The molecule has 0 bridgehead atoms. The summed E-state index contributed by atoms with van der Waals surface area (Å²) >= 11 is 0. The Morgan fingerprint density at radius 1 is 1.03 bits per heavy atom. The van der Waals surface area contributed by atoms with Crippen LogP contribution in [-0.4, -0.2) is 15.5 Å². The molecular weight excluding hydrogens is 412 g/mol. The highest BCUT2D eigenvalue weighted by atomic mass is 16.5. The van der Waals surface area contributed by atoms with Gasteiger partial charge < -0.3 is 13.6 Å². The lowest BCUT2D eigenvalue weighted by molar-refractivity contribution is -0.145. The normalized spacial score (nSPS) is 11.4. The zero-order valence-electron chi connectivity index (χ0n) is 17.4. The zero-order chi connectivity index (χ0) is 22.4. The highest BCUT2D eigenvalue weighted by Gasteiger charge is 2.16. The monoisotopic (exact) mass is 430 g/mol. The molecule has 8 nitrogen and oxygen atoms in total. The first kappa shape index (κ1) is 19.7. The summed E-state index contributed by atoms with van der Waals surface area (Å²) in [5.74, 6) is -0.644. The van der Waals surface area contributed by atoms with Crippen LogP contribution in [0.5, 0.6) is 0 Å². The zero-order valence-corrected chi connectivity index (χ0v) is 17.4. The van der Waals surface area contributed by atoms with Crippen LogP contribution in [0, 0.1) is 13.8 Å². The molecule has 0 aliphatic heterocycles. The van der Waals surface area contributed by atoms with Gasteiger partial charge >= 0.3 is 11.6 Å². The van der Waals surface area contributed by atoms with Crippen molar-refractivity contribution in [1.82, 2.24) is 9.55 Å². The molecule has 8 heteroatoms. The predicted octanol–water partition coefficient (Wildman–Crippen LogP) is 3.61. The van der Waals surface area contributed by atoms with Gasteiger partial charge in [-0.3, -0.25) is 14.2 Å². The first-order valence-electron chi connectivity index (χ1n) is 9.97. The number of aryl methyl sites for hydroxylation is 2. The Morgan fingerprint density at radius 3 is 2.69 bits per heavy atom. The number of fused-ring (bicyclic) bond motifs is 4. The van der Waals surface area contributed by atoms with Gasteiger partial charge in [0.15, 0.2) is 0 Å². The van der Waals surface area contributed by atoms with E-state index in [0.29, 0.717) is 27.6 Å². The molecule has 0 aliphatic rings. The summed E-state index contributed by atoms with van der Waals surface area (Å²) in [6.45, 7) is 3.32. The van der Waals surface area contributed by atoms with Crippen molar-refractivity contribution in [1.29, 1.82) is 0 Å². The summed E-state index contributed by atoms with van der Waals surface area (Å²) in [5, 5.41) is 1.43. The minimum Gasteiger partial charge on any atom is -0.459 e. The van der Waals surface area contributed by atoms with E-state index in [1.54, 1.807) is 12.1 Å². The number of furan rings is 1. The summed E-state index contributed by atoms with van der Waals surface area (Å²) in [5.41, 5.74) is 2.93. The van der Waals surface area contributed by atoms with Crippen molar-refractivity contribution in [3.63, 3.8) is 0 Å². The second kappa shape index (κ2) is 7.49. The fraction of sp³-hybridized carbons (Fsp3) is 0.167. The van der Waals surface area contributed by atoms with Gasteiger partial charge in [-0.1, -0.05) is 24.3 Å². The molecule has 0 amide bonds. The van der Waals surface area contributed by atoms with Gasteiger partial charge in [-0.2, -0.15) is 0 Å². The van der Waals surface area contributed by atoms with Crippen LogP contribution >= 0.6 is 0 Å². The topological polar surface area (TPSA) is 105 Å². The third-order valence-electron chi connectivity index (χ3n) is 5.56. The third-order valence-corrected chi connectivity index (χ3v) is 5.56. The number of ether oxygens (including phenoxy) is 1. The molecule has 160 valence electrons. The van der Waals surface area contributed by atoms with Gasteiger partial charge in [0, 0.05) is 22.4 Å². The first-order valence-corrected chi connectivity index (χ1v) is 9.97. The SMILES string of the molecule is Cc1ccc2c(COC(=O)Cn3cnc4c(oc5ccccc54)c3=O)cc(=O)oc2c1C. The van der Waals surface area contributed by atoms with Crippen molar-refractivity contribution in [3.8, 4) is 0 Å². The summed E-state index contributed by atoms with van der Waals surface area (Å²) in [7, 11) is 0. The smallest absolute Gasteiger partial charge is 0.336 e. The molecule has 0 radical (unpaired) electrons. The maximum Gasteiger partial charge on any atom is 0.336 e. The molecule has 0 saturated carbocycles. The third kappa shape index (κ3) is 3.26. The standard InChI is InChI=1S/C24H18N2O6/c1-13-7-8-16-15(9-19(27)32-22(16)14(13)2)11-30-20(28)10-26-12-25-21-17-5-3-4-6-18(17)31-23(21)24(26)29/h3-9,12H,10-11H2,1-2H3. The molecule has 3 aromatic heterocycles. The number of benzene rings is 2. The Hall–Kier alpha value is -4.20. The molecule has 3 heterocycles. The number of aromatic nitrogens is 2. The largest absolute Gasteiger partial charge is 0.459 e. The second-order valence-corrected chi connectivity index (χ2v) is 7.59. The van der Waals surface area contributed by atoms with E-state index in [4.69, 9.17) is 13.6 Å². The van der Waals surface area contributed by atoms with Crippen LogP contribution < -0.4 is 11.2 Å². The van der Waals surface area contributed by atoms with E-state index in [-0.39, 0.29) is 18.7 Å². The van der Waals surface area contributed by atoms with Crippen molar-refractivity contribution in [2.24, 2.45) is 0 Å². The fourth-order valence-electron chi connectivity index (χ4n) is 3.71. The molecule has 5 aromatic rings. The molecule has 0 fully saturated rings. The minimum atomic E-state index is -0.644. The number of carbonyl (C=O) groups is 1. The Bertz CT molecular complexity index is 1640.